The second-order valence-corrected chi connectivity index (χ2v) is 4.09. The van der Waals surface area contributed by atoms with Crippen LogP contribution in [0.15, 0.2) is 6.20 Å². The Labute approximate surface area is 97.6 Å². The van der Waals surface area contributed by atoms with Gasteiger partial charge in [-0.15, -0.1) is 0 Å². The Hall–Kier alpha value is -2.05. The predicted octanol–water partition coefficient (Wildman–Crippen LogP) is 0.416. The molecule has 92 valence electrons. The maximum Gasteiger partial charge on any atom is 0.353 e. The zero-order valence-electron chi connectivity index (χ0n) is 9.41. The van der Waals surface area contributed by atoms with Gasteiger partial charge in [-0.3, -0.25) is 0 Å². The molecule has 0 saturated heterocycles. The van der Waals surface area contributed by atoms with Gasteiger partial charge in [0, 0.05) is 7.05 Å². The number of imidazole rings is 1. The molecule has 1 aliphatic rings. The highest BCUT2D eigenvalue weighted by Crippen LogP contribution is 2.39. The normalized spacial score (nSPS) is 17.0. The summed E-state index contributed by atoms with van der Waals surface area (Å²) < 4.78 is 0. The lowest BCUT2D eigenvalue weighted by Gasteiger charge is -2.40. The van der Waals surface area contributed by atoms with Gasteiger partial charge in [-0.1, -0.05) is 0 Å². The molecule has 1 fully saturated rings. The number of carbonyl (C=O) groups excluding carboxylic acids is 1. The number of urea groups is 1. The fourth-order valence-electron chi connectivity index (χ4n) is 1.90. The number of carbonyl (C=O) groups is 2. The molecular formula is C10H14N4O3. The zero-order valence-corrected chi connectivity index (χ0v) is 9.41. The number of rotatable bonds is 3. The summed E-state index contributed by atoms with van der Waals surface area (Å²) in [4.78, 5) is 28.9. The molecule has 17 heavy (non-hydrogen) atoms. The fraction of sp³-hybridized carbons (Fsp3) is 0.500. The van der Waals surface area contributed by atoms with E-state index >= 15 is 0 Å². The standard InChI is InChI=1S/C10H14N4O3/c1-11-9(17)14-10(3-2-4-10)8-12-5-6(13-8)7(15)16/h5H,2-4H2,1H3,(H,12,13)(H,15,16)(H2,11,14,17). The molecule has 4 N–H and O–H groups in total. The van der Waals surface area contributed by atoms with Crippen LogP contribution in [-0.4, -0.2) is 34.1 Å². The molecular weight excluding hydrogens is 224 g/mol. The van der Waals surface area contributed by atoms with E-state index in [1.807, 2.05) is 0 Å². The number of aromatic nitrogens is 2. The van der Waals surface area contributed by atoms with E-state index in [4.69, 9.17) is 5.11 Å². The average Bonchev–Trinajstić information content (AvgIpc) is 2.72. The third-order valence-corrected chi connectivity index (χ3v) is 3.05. The minimum Gasteiger partial charge on any atom is -0.477 e. The molecule has 7 nitrogen and oxygen atoms in total. The third-order valence-electron chi connectivity index (χ3n) is 3.05. The molecule has 1 saturated carbocycles. The summed E-state index contributed by atoms with van der Waals surface area (Å²) >= 11 is 0. The van der Waals surface area contributed by atoms with Crippen molar-refractivity contribution in [2.24, 2.45) is 0 Å². The third kappa shape index (κ3) is 1.95. The zero-order chi connectivity index (χ0) is 12.5. The van der Waals surface area contributed by atoms with Crippen LogP contribution in [0.4, 0.5) is 4.79 Å². The van der Waals surface area contributed by atoms with Gasteiger partial charge < -0.3 is 20.7 Å². The topological polar surface area (TPSA) is 107 Å². The second kappa shape index (κ2) is 4.08. The summed E-state index contributed by atoms with van der Waals surface area (Å²) in [6, 6.07) is -0.294. The molecule has 1 heterocycles. The van der Waals surface area contributed by atoms with Crippen LogP contribution in [0.5, 0.6) is 0 Å². The van der Waals surface area contributed by atoms with Crippen LogP contribution in [0, 0.1) is 0 Å². The van der Waals surface area contributed by atoms with Crippen molar-refractivity contribution in [1.82, 2.24) is 20.6 Å². The molecule has 0 aromatic carbocycles. The predicted molar refractivity (Wildman–Crippen MR) is 58.7 cm³/mol. The van der Waals surface area contributed by atoms with Gasteiger partial charge >= 0.3 is 12.0 Å². The molecule has 0 radical (unpaired) electrons. The quantitative estimate of drug-likeness (QED) is 0.612. The first kappa shape index (κ1) is 11.4. The largest absolute Gasteiger partial charge is 0.477 e. The molecule has 2 rings (SSSR count). The first-order valence-electron chi connectivity index (χ1n) is 5.36. The number of hydrogen-bond donors (Lipinski definition) is 4. The number of hydrogen-bond acceptors (Lipinski definition) is 3. The Morgan fingerprint density at radius 1 is 1.53 bits per heavy atom. The molecule has 2 amide bonds. The van der Waals surface area contributed by atoms with Gasteiger partial charge in [-0.25, -0.2) is 14.6 Å². The number of aromatic carboxylic acids is 1. The molecule has 0 atom stereocenters. The molecule has 1 aromatic heterocycles. The summed E-state index contributed by atoms with van der Waals surface area (Å²) in [5.74, 6) is -0.553. The van der Waals surface area contributed by atoms with Crippen LogP contribution in [0.25, 0.3) is 0 Å². The van der Waals surface area contributed by atoms with Gasteiger partial charge in [-0.05, 0) is 19.3 Å². The Bertz CT molecular complexity index is 450. The highest BCUT2D eigenvalue weighted by atomic mass is 16.4. The number of aromatic amines is 1. The van der Waals surface area contributed by atoms with Crippen LogP contribution in [0.3, 0.4) is 0 Å². The number of H-pyrrole nitrogens is 1. The van der Waals surface area contributed by atoms with E-state index in [1.165, 1.54) is 13.2 Å². The van der Waals surface area contributed by atoms with Crippen molar-refractivity contribution in [2.45, 2.75) is 24.8 Å². The molecule has 0 unspecified atom stereocenters. The Morgan fingerprint density at radius 2 is 2.24 bits per heavy atom. The van der Waals surface area contributed by atoms with Crippen LogP contribution in [-0.2, 0) is 5.54 Å². The van der Waals surface area contributed by atoms with Gasteiger partial charge in [0.15, 0.2) is 0 Å². The van der Waals surface area contributed by atoms with E-state index in [0.717, 1.165) is 19.3 Å². The summed E-state index contributed by atoms with van der Waals surface area (Å²) in [6.07, 6.45) is 3.76. The van der Waals surface area contributed by atoms with Crippen LogP contribution < -0.4 is 10.6 Å². The Balaban J connectivity index is 2.22. The lowest BCUT2D eigenvalue weighted by atomic mass is 9.76. The van der Waals surface area contributed by atoms with Crippen molar-refractivity contribution in [1.29, 1.82) is 0 Å². The van der Waals surface area contributed by atoms with E-state index in [2.05, 4.69) is 20.6 Å². The van der Waals surface area contributed by atoms with Gasteiger partial charge in [0.2, 0.25) is 0 Å². The summed E-state index contributed by atoms with van der Waals surface area (Å²) in [7, 11) is 1.53. The number of carboxylic acid groups (broad SMARTS) is 1. The van der Waals surface area contributed by atoms with Gasteiger partial charge in [-0.2, -0.15) is 0 Å². The smallest absolute Gasteiger partial charge is 0.353 e. The van der Waals surface area contributed by atoms with E-state index in [1.54, 1.807) is 0 Å². The highest BCUT2D eigenvalue weighted by molar-refractivity contribution is 5.85. The van der Waals surface area contributed by atoms with Crippen LogP contribution in [0.2, 0.25) is 0 Å². The van der Waals surface area contributed by atoms with E-state index in [0.29, 0.717) is 5.82 Å². The SMILES string of the molecule is CNC(=O)NC1(c2ncc(C(=O)O)[nH]2)CCC1. The molecule has 0 bridgehead atoms. The molecule has 0 spiro atoms. The summed E-state index contributed by atoms with van der Waals surface area (Å²) in [5.41, 5.74) is -0.515. The minimum atomic E-state index is -1.06. The van der Waals surface area contributed by atoms with Gasteiger partial charge in [0.1, 0.15) is 11.5 Å². The van der Waals surface area contributed by atoms with Crippen molar-refractivity contribution in [3.8, 4) is 0 Å². The van der Waals surface area contributed by atoms with Gasteiger partial charge in [0.25, 0.3) is 0 Å². The summed E-state index contributed by atoms with van der Waals surface area (Å²) in [5, 5.41) is 14.1. The van der Waals surface area contributed by atoms with E-state index in [9.17, 15) is 9.59 Å². The summed E-state index contributed by atoms with van der Waals surface area (Å²) in [6.45, 7) is 0. The average molecular weight is 238 g/mol. The molecule has 0 aliphatic heterocycles. The van der Waals surface area contributed by atoms with Crippen LogP contribution in [0.1, 0.15) is 35.6 Å². The van der Waals surface area contributed by atoms with Crippen LogP contribution >= 0.6 is 0 Å². The first-order chi connectivity index (χ1) is 8.07. The maximum absolute atomic E-state index is 11.4. The van der Waals surface area contributed by atoms with Crippen molar-refractivity contribution >= 4 is 12.0 Å². The number of nitrogens with one attached hydrogen (secondary N) is 3. The second-order valence-electron chi connectivity index (χ2n) is 4.09. The minimum absolute atomic E-state index is 0.0324. The Kier molecular flexibility index (Phi) is 2.74. The van der Waals surface area contributed by atoms with Crippen molar-refractivity contribution in [2.75, 3.05) is 7.05 Å². The monoisotopic (exact) mass is 238 g/mol. The van der Waals surface area contributed by atoms with E-state index in [-0.39, 0.29) is 11.7 Å². The molecule has 1 aliphatic carbocycles. The van der Waals surface area contributed by atoms with Crippen molar-refractivity contribution in [3.05, 3.63) is 17.7 Å². The first-order valence-corrected chi connectivity index (χ1v) is 5.36. The van der Waals surface area contributed by atoms with E-state index < -0.39 is 11.5 Å². The lowest BCUT2D eigenvalue weighted by Crippen LogP contribution is -2.54. The number of nitrogens with zero attached hydrogens (tertiary/aromatic N) is 1. The van der Waals surface area contributed by atoms with Gasteiger partial charge in [0.05, 0.1) is 11.7 Å². The molecule has 1 aromatic rings. The maximum atomic E-state index is 11.4. The number of amides is 2. The van der Waals surface area contributed by atoms with Crippen molar-refractivity contribution in [3.63, 3.8) is 0 Å². The molecule has 7 heteroatoms. The van der Waals surface area contributed by atoms with Crippen molar-refractivity contribution < 1.29 is 14.7 Å². The Morgan fingerprint density at radius 3 is 2.65 bits per heavy atom. The fourth-order valence-corrected chi connectivity index (χ4v) is 1.90. The highest BCUT2D eigenvalue weighted by Gasteiger charge is 2.42. The number of carboxylic acids is 1. The lowest BCUT2D eigenvalue weighted by molar-refractivity contribution is 0.0690.